The number of thiophene rings is 1. The number of hydrogen-bond acceptors (Lipinski definition) is 4. The molecule has 0 aliphatic carbocycles. The van der Waals surface area contributed by atoms with Gasteiger partial charge in [-0.05, 0) is 31.5 Å². The molecule has 0 spiro atoms. The molecular weight excluding hydrogens is 346 g/mol. The Hall–Kier alpha value is -2.18. The Labute approximate surface area is 147 Å². The fourth-order valence-electron chi connectivity index (χ4n) is 2.36. The number of fused-ring (bicyclic) bond motifs is 1. The Balaban J connectivity index is 1.92. The number of amides is 1. The van der Waals surface area contributed by atoms with Crippen molar-refractivity contribution in [3.05, 3.63) is 56.9 Å². The van der Waals surface area contributed by atoms with E-state index in [1.165, 1.54) is 22.2 Å². The third-order valence-electron chi connectivity index (χ3n) is 3.80. The van der Waals surface area contributed by atoms with Gasteiger partial charge in [0.15, 0.2) is 0 Å². The van der Waals surface area contributed by atoms with Crippen molar-refractivity contribution in [2.75, 3.05) is 5.32 Å². The zero-order valence-electron chi connectivity index (χ0n) is 13.2. The van der Waals surface area contributed by atoms with E-state index in [0.29, 0.717) is 20.9 Å². The molecule has 3 rings (SSSR count). The van der Waals surface area contributed by atoms with Crippen molar-refractivity contribution >= 4 is 44.7 Å². The average Bonchev–Trinajstić information content (AvgIpc) is 3.01. The van der Waals surface area contributed by atoms with Gasteiger partial charge < -0.3 is 5.32 Å². The maximum Gasteiger partial charge on any atom is 0.262 e. The summed E-state index contributed by atoms with van der Waals surface area (Å²) in [5.41, 5.74) is 0.305. The lowest BCUT2D eigenvalue weighted by Gasteiger charge is -2.15. The summed E-state index contributed by atoms with van der Waals surface area (Å²) >= 11 is 7.56. The minimum atomic E-state index is -0.698. The fourth-order valence-corrected chi connectivity index (χ4v) is 3.47. The smallest absolute Gasteiger partial charge is 0.262 e. The largest absolute Gasteiger partial charge is 0.323 e. The van der Waals surface area contributed by atoms with Crippen LogP contribution in [0.15, 0.2) is 41.5 Å². The molecule has 2 heterocycles. The van der Waals surface area contributed by atoms with E-state index in [0.717, 1.165) is 11.3 Å². The van der Waals surface area contributed by atoms with Crippen molar-refractivity contribution in [1.29, 1.82) is 0 Å². The molecule has 1 N–H and O–H groups in total. The number of para-hydroxylation sites is 1. The molecule has 0 bridgehead atoms. The van der Waals surface area contributed by atoms with Gasteiger partial charge in [-0.3, -0.25) is 14.2 Å². The number of carbonyl (C=O) groups excluding carboxylic acids is 1. The van der Waals surface area contributed by atoms with Gasteiger partial charge in [-0.15, -0.1) is 11.3 Å². The van der Waals surface area contributed by atoms with E-state index in [-0.39, 0.29) is 11.5 Å². The predicted molar refractivity (Wildman–Crippen MR) is 98.1 cm³/mol. The summed E-state index contributed by atoms with van der Waals surface area (Å²) in [6, 6.07) is 8.12. The van der Waals surface area contributed by atoms with E-state index in [1.807, 2.05) is 13.0 Å². The summed E-state index contributed by atoms with van der Waals surface area (Å²) in [6.45, 7) is 3.69. The number of aromatic nitrogens is 2. The number of rotatable bonds is 4. The summed E-state index contributed by atoms with van der Waals surface area (Å²) < 4.78 is 1.35. The summed E-state index contributed by atoms with van der Waals surface area (Å²) in [7, 11) is 0. The maximum atomic E-state index is 12.6. The number of anilines is 1. The highest BCUT2D eigenvalue weighted by Gasteiger charge is 2.19. The second-order valence-electron chi connectivity index (χ2n) is 5.39. The Bertz CT molecular complexity index is 964. The van der Waals surface area contributed by atoms with Gasteiger partial charge >= 0.3 is 0 Å². The van der Waals surface area contributed by atoms with Gasteiger partial charge in [0.2, 0.25) is 5.91 Å². The summed E-state index contributed by atoms with van der Waals surface area (Å²) in [5, 5.41) is 3.75. The standard InChI is InChI=1S/C17H16ClN3O2S/c1-3-11-8-12-16(24-11)19-9-21(17(12)23)10(2)15(22)20-14-7-5-4-6-13(14)18/h4-10H,3H2,1-2H3,(H,20,22). The normalized spacial score (nSPS) is 12.3. The van der Waals surface area contributed by atoms with Crippen molar-refractivity contribution in [3.63, 3.8) is 0 Å². The van der Waals surface area contributed by atoms with E-state index in [4.69, 9.17) is 11.6 Å². The van der Waals surface area contributed by atoms with Crippen molar-refractivity contribution in [1.82, 2.24) is 9.55 Å². The highest BCUT2D eigenvalue weighted by molar-refractivity contribution is 7.18. The van der Waals surface area contributed by atoms with Crippen LogP contribution in [0, 0.1) is 0 Å². The van der Waals surface area contributed by atoms with E-state index >= 15 is 0 Å². The number of aryl methyl sites for hydroxylation is 1. The molecule has 0 aliphatic heterocycles. The van der Waals surface area contributed by atoms with Gasteiger partial charge in [-0.25, -0.2) is 4.98 Å². The molecule has 0 saturated carbocycles. The van der Waals surface area contributed by atoms with Gasteiger partial charge in [0, 0.05) is 4.88 Å². The van der Waals surface area contributed by atoms with Crippen LogP contribution in [0.4, 0.5) is 5.69 Å². The van der Waals surface area contributed by atoms with Crippen LogP contribution in [-0.4, -0.2) is 15.5 Å². The number of halogens is 1. The number of hydrogen-bond donors (Lipinski definition) is 1. The van der Waals surface area contributed by atoms with Crippen LogP contribution < -0.4 is 10.9 Å². The van der Waals surface area contributed by atoms with Crippen molar-refractivity contribution in [3.8, 4) is 0 Å². The number of benzene rings is 1. The van der Waals surface area contributed by atoms with Crippen LogP contribution in [0.5, 0.6) is 0 Å². The van der Waals surface area contributed by atoms with E-state index in [2.05, 4.69) is 10.3 Å². The average molecular weight is 362 g/mol. The molecular formula is C17H16ClN3O2S. The molecule has 0 radical (unpaired) electrons. The fraction of sp³-hybridized carbons (Fsp3) is 0.235. The Kier molecular flexibility index (Phi) is 4.69. The first kappa shape index (κ1) is 16.7. The quantitative estimate of drug-likeness (QED) is 0.767. The third kappa shape index (κ3) is 3.07. The second-order valence-corrected chi connectivity index (χ2v) is 6.91. The Morgan fingerprint density at radius 1 is 1.42 bits per heavy atom. The van der Waals surface area contributed by atoms with Crippen molar-refractivity contribution < 1.29 is 4.79 Å². The Morgan fingerprint density at radius 3 is 2.88 bits per heavy atom. The Morgan fingerprint density at radius 2 is 2.17 bits per heavy atom. The number of carbonyl (C=O) groups is 1. The summed E-state index contributed by atoms with van der Waals surface area (Å²) in [6.07, 6.45) is 2.28. The van der Waals surface area contributed by atoms with Gasteiger partial charge in [-0.1, -0.05) is 30.7 Å². The van der Waals surface area contributed by atoms with E-state index in [9.17, 15) is 9.59 Å². The van der Waals surface area contributed by atoms with Gasteiger partial charge in [0.1, 0.15) is 10.9 Å². The first-order valence-electron chi connectivity index (χ1n) is 7.56. The highest BCUT2D eigenvalue weighted by atomic mass is 35.5. The van der Waals surface area contributed by atoms with E-state index < -0.39 is 6.04 Å². The van der Waals surface area contributed by atoms with Crippen LogP contribution in [-0.2, 0) is 11.2 Å². The van der Waals surface area contributed by atoms with Crippen molar-refractivity contribution in [2.45, 2.75) is 26.3 Å². The second kappa shape index (κ2) is 6.75. The van der Waals surface area contributed by atoms with Gasteiger partial charge in [-0.2, -0.15) is 0 Å². The van der Waals surface area contributed by atoms with Crippen LogP contribution in [0.1, 0.15) is 24.8 Å². The first-order chi connectivity index (χ1) is 11.5. The number of nitrogens with zero attached hydrogens (tertiary/aromatic N) is 2. The maximum absolute atomic E-state index is 12.6. The van der Waals surface area contributed by atoms with Crippen molar-refractivity contribution in [2.24, 2.45) is 0 Å². The molecule has 124 valence electrons. The molecule has 0 fully saturated rings. The molecule has 3 aromatic rings. The molecule has 5 nitrogen and oxygen atoms in total. The zero-order chi connectivity index (χ0) is 17.3. The topological polar surface area (TPSA) is 64.0 Å². The molecule has 1 amide bonds. The molecule has 1 aromatic carbocycles. The zero-order valence-corrected chi connectivity index (χ0v) is 14.8. The molecule has 24 heavy (non-hydrogen) atoms. The minimum Gasteiger partial charge on any atom is -0.323 e. The summed E-state index contributed by atoms with van der Waals surface area (Å²) in [5.74, 6) is -0.322. The lowest BCUT2D eigenvalue weighted by atomic mass is 10.2. The molecule has 2 aromatic heterocycles. The minimum absolute atomic E-state index is 0.210. The van der Waals surface area contributed by atoms with Crippen LogP contribution in [0.25, 0.3) is 10.2 Å². The molecule has 1 unspecified atom stereocenters. The number of nitrogens with one attached hydrogen (secondary N) is 1. The molecule has 1 atom stereocenters. The van der Waals surface area contributed by atoms with Gasteiger partial charge in [0.05, 0.1) is 22.4 Å². The van der Waals surface area contributed by atoms with Crippen LogP contribution in [0.2, 0.25) is 5.02 Å². The predicted octanol–water partition coefficient (Wildman–Crippen LogP) is 3.87. The highest BCUT2D eigenvalue weighted by Crippen LogP contribution is 2.23. The molecule has 0 saturated heterocycles. The first-order valence-corrected chi connectivity index (χ1v) is 8.75. The lowest BCUT2D eigenvalue weighted by Crippen LogP contribution is -2.31. The molecule has 0 aliphatic rings. The SMILES string of the molecule is CCc1cc2c(=O)n(C(C)C(=O)Nc3ccccc3Cl)cnc2s1. The van der Waals surface area contributed by atoms with Gasteiger partial charge in [0.25, 0.3) is 5.56 Å². The van der Waals surface area contributed by atoms with E-state index in [1.54, 1.807) is 31.2 Å². The monoisotopic (exact) mass is 361 g/mol. The van der Waals surface area contributed by atoms with Crippen LogP contribution >= 0.6 is 22.9 Å². The van der Waals surface area contributed by atoms with Crippen LogP contribution in [0.3, 0.4) is 0 Å². The summed E-state index contributed by atoms with van der Waals surface area (Å²) in [4.78, 5) is 31.2. The third-order valence-corrected chi connectivity index (χ3v) is 5.32. The lowest BCUT2D eigenvalue weighted by molar-refractivity contribution is -0.118. The molecule has 7 heteroatoms.